The molecule has 1 amide bonds. The summed E-state index contributed by atoms with van der Waals surface area (Å²) in [4.78, 5) is 31.3. The smallest absolute Gasteiger partial charge is 0.276 e. The monoisotopic (exact) mass is 494 g/mol. The Bertz CT molecular complexity index is 1450. The third-order valence-corrected chi connectivity index (χ3v) is 8.19. The van der Waals surface area contributed by atoms with Gasteiger partial charge >= 0.3 is 0 Å². The minimum Gasteiger partial charge on any atom is -0.368 e. The van der Waals surface area contributed by atoms with Crippen molar-refractivity contribution in [2.75, 3.05) is 31.1 Å². The van der Waals surface area contributed by atoms with Gasteiger partial charge in [0.05, 0.1) is 15.8 Å². The van der Waals surface area contributed by atoms with Gasteiger partial charge < -0.3 is 9.80 Å². The zero-order valence-corrected chi connectivity index (χ0v) is 21.1. The molecule has 0 unspecified atom stereocenters. The van der Waals surface area contributed by atoms with Crippen LogP contribution in [-0.4, -0.2) is 46.8 Å². The van der Waals surface area contributed by atoms with Gasteiger partial charge in [-0.1, -0.05) is 42.8 Å². The minimum atomic E-state index is -0.617. The first-order valence-electron chi connectivity index (χ1n) is 11.6. The third kappa shape index (κ3) is 3.87. The van der Waals surface area contributed by atoms with E-state index in [0.717, 1.165) is 44.8 Å². The van der Waals surface area contributed by atoms with Crippen LogP contribution in [0, 0.1) is 13.8 Å². The van der Waals surface area contributed by atoms with Gasteiger partial charge in [0.2, 0.25) is 5.91 Å². The van der Waals surface area contributed by atoms with E-state index in [-0.39, 0.29) is 11.5 Å². The number of halogens is 1. The quantitative estimate of drug-likeness (QED) is 0.392. The number of fused-ring (bicyclic) bond motifs is 3. The van der Waals surface area contributed by atoms with E-state index in [9.17, 15) is 9.59 Å². The summed E-state index contributed by atoms with van der Waals surface area (Å²) in [6, 6.07) is 13.2. The number of hydrogen-bond acceptors (Lipinski definition) is 5. The Morgan fingerprint density at radius 1 is 1.12 bits per heavy atom. The Morgan fingerprint density at radius 3 is 2.59 bits per heavy atom. The molecule has 1 aliphatic rings. The van der Waals surface area contributed by atoms with Crippen molar-refractivity contribution < 1.29 is 4.79 Å². The Labute approximate surface area is 207 Å². The van der Waals surface area contributed by atoms with Crippen LogP contribution in [0.3, 0.4) is 0 Å². The standard InChI is InChI=1S/C26H27ClN4O2S/c1-4-20(25(32)30-13-11-29(12-14-30)21-15-18(27)10-9-16(21)2)31-26(33)23-19-7-5-6-8-22(19)34-24(23)17(3)28-31/h5-10,15,20H,4,11-14H2,1-3H3/t20-/m1/s1. The summed E-state index contributed by atoms with van der Waals surface area (Å²) in [5.74, 6) is -0.0437. The molecule has 1 fully saturated rings. The average Bonchev–Trinajstić information content (AvgIpc) is 3.25. The van der Waals surface area contributed by atoms with Crippen LogP contribution in [0.25, 0.3) is 20.2 Å². The molecule has 0 saturated carbocycles. The number of carbonyl (C=O) groups excluding carboxylic acids is 1. The SMILES string of the molecule is CC[C@H](C(=O)N1CCN(c2cc(Cl)ccc2C)CC1)n1nc(C)c2sc3ccccc3c2c1=O. The molecule has 34 heavy (non-hydrogen) atoms. The van der Waals surface area contributed by atoms with Crippen molar-refractivity contribution >= 4 is 54.7 Å². The van der Waals surface area contributed by atoms with Crippen molar-refractivity contribution in [1.29, 1.82) is 0 Å². The van der Waals surface area contributed by atoms with Crippen molar-refractivity contribution in [3.63, 3.8) is 0 Å². The lowest BCUT2D eigenvalue weighted by Crippen LogP contribution is -2.51. The van der Waals surface area contributed by atoms with Crippen molar-refractivity contribution in [3.8, 4) is 0 Å². The van der Waals surface area contributed by atoms with Crippen LogP contribution < -0.4 is 10.5 Å². The van der Waals surface area contributed by atoms with Crippen molar-refractivity contribution in [2.24, 2.45) is 0 Å². The Kier molecular flexibility index (Phi) is 6.08. The number of aryl methyl sites for hydroxylation is 2. The maximum atomic E-state index is 13.6. The van der Waals surface area contributed by atoms with Crippen LogP contribution in [0.5, 0.6) is 0 Å². The number of nitrogens with zero attached hydrogens (tertiary/aromatic N) is 4. The fraction of sp³-hybridized carbons (Fsp3) is 0.346. The van der Waals surface area contributed by atoms with Crippen molar-refractivity contribution in [3.05, 3.63) is 69.1 Å². The molecule has 3 heterocycles. The van der Waals surface area contributed by atoms with Gasteiger partial charge in [0, 0.05) is 47.0 Å². The summed E-state index contributed by atoms with van der Waals surface area (Å²) in [7, 11) is 0. The van der Waals surface area contributed by atoms with Crippen LogP contribution >= 0.6 is 22.9 Å². The molecule has 1 saturated heterocycles. The first-order chi connectivity index (χ1) is 16.4. The highest BCUT2D eigenvalue weighted by Crippen LogP contribution is 2.33. The molecule has 2 aromatic carbocycles. The number of piperazine rings is 1. The summed E-state index contributed by atoms with van der Waals surface area (Å²) in [5.41, 5.74) is 2.86. The van der Waals surface area contributed by atoms with Crippen LogP contribution in [-0.2, 0) is 4.79 Å². The number of carbonyl (C=O) groups is 1. The Balaban J connectivity index is 1.43. The molecule has 2 aromatic heterocycles. The van der Waals surface area contributed by atoms with Crippen molar-refractivity contribution in [1.82, 2.24) is 14.7 Å². The number of anilines is 1. The van der Waals surface area contributed by atoms with Gasteiger partial charge in [-0.15, -0.1) is 11.3 Å². The molecule has 0 aliphatic carbocycles. The maximum Gasteiger partial charge on any atom is 0.276 e. The van der Waals surface area contributed by atoms with E-state index in [4.69, 9.17) is 11.6 Å². The van der Waals surface area contributed by atoms with E-state index in [2.05, 4.69) is 16.9 Å². The van der Waals surface area contributed by atoms with Gasteiger partial charge in [0.15, 0.2) is 0 Å². The van der Waals surface area contributed by atoms with Gasteiger partial charge in [-0.25, -0.2) is 4.68 Å². The van der Waals surface area contributed by atoms with Crippen LogP contribution in [0.15, 0.2) is 47.3 Å². The largest absolute Gasteiger partial charge is 0.368 e. The molecule has 5 rings (SSSR count). The third-order valence-electron chi connectivity index (χ3n) is 6.67. The Hall–Kier alpha value is -2.90. The summed E-state index contributed by atoms with van der Waals surface area (Å²) >= 11 is 7.79. The molecule has 1 atom stereocenters. The van der Waals surface area contributed by atoms with E-state index >= 15 is 0 Å². The van der Waals surface area contributed by atoms with Gasteiger partial charge in [-0.3, -0.25) is 9.59 Å². The second-order valence-electron chi connectivity index (χ2n) is 8.80. The molecular formula is C26H27ClN4O2S. The first-order valence-corrected chi connectivity index (χ1v) is 12.8. The van der Waals surface area contributed by atoms with Gasteiger partial charge in [0.25, 0.3) is 5.56 Å². The molecule has 176 valence electrons. The average molecular weight is 495 g/mol. The number of hydrogen-bond donors (Lipinski definition) is 0. The number of benzene rings is 2. The predicted octanol–water partition coefficient (Wildman–Crippen LogP) is 5.18. The first kappa shape index (κ1) is 22.9. The number of thiophene rings is 1. The summed E-state index contributed by atoms with van der Waals surface area (Å²) in [5, 5.41) is 6.92. The normalized spacial score (nSPS) is 15.3. The second-order valence-corrected chi connectivity index (χ2v) is 10.3. The van der Waals surface area contributed by atoms with Crippen LogP contribution in [0.1, 0.15) is 30.6 Å². The highest BCUT2D eigenvalue weighted by atomic mass is 35.5. The molecule has 1 aliphatic heterocycles. The lowest BCUT2D eigenvalue weighted by molar-refractivity contribution is -0.135. The number of aromatic nitrogens is 2. The lowest BCUT2D eigenvalue weighted by Gasteiger charge is -2.38. The molecule has 8 heteroatoms. The van der Waals surface area contributed by atoms with Crippen molar-refractivity contribution in [2.45, 2.75) is 33.2 Å². The highest BCUT2D eigenvalue weighted by molar-refractivity contribution is 7.26. The number of amides is 1. The van der Waals surface area contributed by atoms with Gasteiger partial charge in [0.1, 0.15) is 6.04 Å². The maximum absolute atomic E-state index is 13.6. The zero-order chi connectivity index (χ0) is 24.0. The lowest BCUT2D eigenvalue weighted by atomic mass is 10.1. The summed E-state index contributed by atoms with van der Waals surface area (Å²) in [6.07, 6.45) is 0.506. The van der Waals surface area contributed by atoms with Gasteiger partial charge in [-0.2, -0.15) is 5.10 Å². The van der Waals surface area contributed by atoms with E-state index in [1.807, 2.05) is 61.2 Å². The summed E-state index contributed by atoms with van der Waals surface area (Å²) in [6.45, 7) is 8.56. The molecular weight excluding hydrogens is 468 g/mol. The molecule has 0 bridgehead atoms. The Morgan fingerprint density at radius 2 is 1.85 bits per heavy atom. The predicted molar refractivity (Wildman–Crippen MR) is 140 cm³/mol. The van der Waals surface area contributed by atoms with E-state index < -0.39 is 6.04 Å². The van der Waals surface area contributed by atoms with E-state index in [1.165, 1.54) is 4.68 Å². The van der Waals surface area contributed by atoms with Crippen LogP contribution in [0.4, 0.5) is 5.69 Å². The molecule has 0 radical (unpaired) electrons. The molecule has 0 spiro atoms. The van der Waals surface area contributed by atoms with E-state index in [0.29, 0.717) is 29.9 Å². The zero-order valence-electron chi connectivity index (χ0n) is 19.5. The van der Waals surface area contributed by atoms with Gasteiger partial charge in [-0.05, 0) is 44.0 Å². The summed E-state index contributed by atoms with van der Waals surface area (Å²) < 4.78 is 3.38. The minimum absolute atomic E-state index is 0.0437. The van der Waals surface area contributed by atoms with Crippen LogP contribution in [0.2, 0.25) is 5.02 Å². The molecule has 6 nitrogen and oxygen atoms in total. The second kappa shape index (κ2) is 9.04. The molecule has 0 N–H and O–H groups in total. The fourth-order valence-corrected chi connectivity index (χ4v) is 6.15. The molecule has 4 aromatic rings. The van der Waals surface area contributed by atoms with E-state index in [1.54, 1.807) is 11.3 Å². The number of rotatable bonds is 4. The fourth-order valence-electron chi connectivity index (χ4n) is 4.84. The highest BCUT2D eigenvalue weighted by Gasteiger charge is 2.30. The topological polar surface area (TPSA) is 58.4 Å².